The lowest BCUT2D eigenvalue weighted by Gasteiger charge is -2.03. The average molecular weight is 259 g/mol. The second-order valence-corrected chi connectivity index (χ2v) is 4.31. The number of fused-ring (bicyclic) bond motifs is 1. The molecule has 0 spiro atoms. The van der Waals surface area contributed by atoms with Gasteiger partial charge in [-0.3, -0.25) is 0 Å². The molecule has 18 heavy (non-hydrogen) atoms. The predicted molar refractivity (Wildman–Crippen MR) is 66.1 cm³/mol. The molecule has 0 bridgehead atoms. The van der Waals surface area contributed by atoms with Crippen LogP contribution in [0.4, 0.5) is 0 Å². The summed E-state index contributed by atoms with van der Waals surface area (Å²) in [4.78, 5) is 12.3. The molecular weight excluding hydrogens is 250 g/mol. The van der Waals surface area contributed by atoms with Crippen LogP contribution in [0, 0.1) is 6.92 Å². The lowest BCUT2D eigenvalue weighted by molar-refractivity contribution is 0.824. The van der Waals surface area contributed by atoms with Crippen LogP contribution in [0.1, 0.15) is 5.69 Å². The molecule has 0 aliphatic rings. The first-order valence-corrected chi connectivity index (χ1v) is 6.42. The topological polar surface area (TPSA) is 81.8 Å². The van der Waals surface area contributed by atoms with Gasteiger partial charge in [0, 0.05) is 6.20 Å². The minimum absolute atomic E-state index is 0.495. The van der Waals surface area contributed by atoms with E-state index in [1.807, 2.05) is 13.2 Å². The highest BCUT2D eigenvalue weighted by Gasteiger charge is 2.13. The standard InChI is InChI=1S/C10H9N7S/c1-6-8(7-3-4-11-5-12-7)14-15-9-13-10(18-2)16-17(6)9/h3-5H,1-2H3. The van der Waals surface area contributed by atoms with Gasteiger partial charge in [0.15, 0.2) is 0 Å². The van der Waals surface area contributed by atoms with E-state index in [2.05, 4.69) is 30.2 Å². The second kappa shape index (κ2) is 4.30. The Morgan fingerprint density at radius 1 is 1.28 bits per heavy atom. The molecule has 0 aromatic carbocycles. The summed E-state index contributed by atoms with van der Waals surface area (Å²) in [6, 6.07) is 1.79. The Bertz CT molecular complexity index is 694. The van der Waals surface area contributed by atoms with E-state index in [0.717, 1.165) is 11.4 Å². The van der Waals surface area contributed by atoms with Crippen molar-refractivity contribution in [2.24, 2.45) is 0 Å². The predicted octanol–water partition coefficient (Wildman–Crippen LogP) is 1.01. The van der Waals surface area contributed by atoms with Crippen LogP contribution in [0.2, 0.25) is 0 Å². The molecule has 0 unspecified atom stereocenters. The van der Waals surface area contributed by atoms with Crippen molar-refractivity contribution in [3.05, 3.63) is 24.3 Å². The summed E-state index contributed by atoms with van der Waals surface area (Å²) < 4.78 is 1.68. The van der Waals surface area contributed by atoms with Crippen molar-refractivity contribution in [2.75, 3.05) is 6.26 Å². The second-order valence-electron chi connectivity index (χ2n) is 3.54. The molecule has 90 valence electrons. The summed E-state index contributed by atoms with van der Waals surface area (Å²) in [5.41, 5.74) is 2.26. The summed E-state index contributed by atoms with van der Waals surface area (Å²) in [7, 11) is 0. The molecule has 0 saturated heterocycles. The van der Waals surface area contributed by atoms with Crippen LogP contribution >= 0.6 is 11.8 Å². The molecule has 0 radical (unpaired) electrons. The molecule has 3 heterocycles. The third-order valence-corrected chi connectivity index (χ3v) is 3.02. The van der Waals surface area contributed by atoms with Crippen molar-refractivity contribution in [1.29, 1.82) is 0 Å². The normalized spacial score (nSPS) is 11.0. The summed E-state index contributed by atoms with van der Waals surface area (Å²) in [6.45, 7) is 1.91. The zero-order chi connectivity index (χ0) is 12.5. The monoisotopic (exact) mass is 259 g/mol. The summed E-state index contributed by atoms with van der Waals surface area (Å²) in [5.74, 6) is 0.495. The van der Waals surface area contributed by atoms with Gasteiger partial charge in [-0.2, -0.15) is 9.50 Å². The maximum atomic E-state index is 4.34. The molecule has 0 fully saturated rings. The molecule has 0 aliphatic heterocycles. The Balaban J connectivity index is 2.23. The summed E-state index contributed by atoms with van der Waals surface area (Å²) in [6.07, 6.45) is 5.07. The van der Waals surface area contributed by atoms with E-state index >= 15 is 0 Å². The molecule has 0 aliphatic carbocycles. The van der Waals surface area contributed by atoms with Gasteiger partial charge in [0.1, 0.15) is 12.0 Å². The van der Waals surface area contributed by atoms with Crippen LogP contribution < -0.4 is 0 Å². The van der Waals surface area contributed by atoms with Crippen LogP contribution in [-0.2, 0) is 0 Å². The van der Waals surface area contributed by atoms with Gasteiger partial charge in [-0.25, -0.2) is 9.97 Å². The maximum absolute atomic E-state index is 4.34. The zero-order valence-electron chi connectivity index (χ0n) is 9.77. The van der Waals surface area contributed by atoms with Gasteiger partial charge in [0.05, 0.1) is 11.4 Å². The van der Waals surface area contributed by atoms with Crippen molar-refractivity contribution in [2.45, 2.75) is 12.1 Å². The third kappa shape index (κ3) is 1.70. The van der Waals surface area contributed by atoms with E-state index in [1.165, 1.54) is 18.1 Å². The fourth-order valence-corrected chi connectivity index (χ4v) is 1.93. The van der Waals surface area contributed by atoms with Crippen molar-refractivity contribution in [3.63, 3.8) is 0 Å². The van der Waals surface area contributed by atoms with E-state index in [4.69, 9.17) is 0 Å². The highest BCUT2D eigenvalue weighted by atomic mass is 32.2. The molecule has 0 atom stereocenters. The van der Waals surface area contributed by atoms with E-state index in [9.17, 15) is 0 Å². The number of aromatic nitrogens is 7. The number of hydrogen-bond acceptors (Lipinski definition) is 7. The van der Waals surface area contributed by atoms with Gasteiger partial charge in [-0.15, -0.1) is 15.3 Å². The van der Waals surface area contributed by atoms with Crippen molar-refractivity contribution in [3.8, 4) is 11.4 Å². The molecule has 0 N–H and O–H groups in total. The highest BCUT2D eigenvalue weighted by Crippen LogP contribution is 2.18. The molecule has 3 aromatic rings. The van der Waals surface area contributed by atoms with Crippen molar-refractivity contribution >= 4 is 17.5 Å². The first-order valence-electron chi connectivity index (χ1n) is 5.20. The SMILES string of the molecule is CSc1nc2nnc(-c3ccncn3)c(C)n2n1. The molecule has 3 aromatic heterocycles. The minimum Gasteiger partial charge on any atom is -0.245 e. The van der Waals surface area contributed by atoms with Gasteiger partial charge < -0.3 is 0 Å². The van der Waals surface area contributed by atoms with Gasteiger partial charge in [-0.05, 0) is 19.2 Å². The third-order valence-electron chi connectivity index (χ3n) is 2.48. The maximum Gasteiger partial charge on any atom is 0.272 e. The smallest absolute Gasteiger partial charge is 0.245 e. The molecule has 0 amide bonds. The van der Waals surface area contributed by atoms with Crippen molar-refractivity contribution < 1.29 is 0 Å². The lowest BCUT2D eigenvalue weighted by Crippen LogP contribution is -2.03. The van der Waals surface area contributed by atoms with Crippen LogP contribution in [0.15, 0.2) is 23.7 Å². The number of thioether (sulfide) groups is 1. The van der Waals surface area contributed by atoms with Crippen LogP contribution in [0.5, 0.6) is 0 Å². The number of rotatable bonds is 2. The van der Waals surface area contributed by atoms with Crippen molar-refractivity contribution in [1.82, 2.24) is 34.8 Å². The Morgan fingerprint density at radius 2 is 2.17 bits per heavy atom. The summed E-state index contributed by atoms with van der Waals surface area (Å²) >= 11 is 1.47. The van der Waals surface area contributed by atoms with E-state index in [-0.39, 0.29) is 0 Å². The minimum atomic E-state index is 0.495. The Kier molecular flexibility index (Phi) is 2.63. The number of hydrogen-bond donors (Lipinski definition) is 0. The zero-order valence-corrected chi connectivity index (χ0v) is 10.6. The van der Waals surface area contributed by atoms with Gasteiger partial charge in [0.2, 0.25) is 5.16 Å². The molecule has 8 heteroatoms. The van der Waals surface area contributed by atoms with E-state index in [0.29, 0.717) is 16.6 Å². The lowest BCUT2D eigenvalue weighted by atomic mass is 10.2. The van der Waals surface area contributed by atoms with Gasteiger partial charge in [-0.1, -0.05) is 11.8 Å². The van der Waals surface area contributed by atoms with E-state index < -0.39 is 0 Å². The van der Waals surface area contributed by atoms with E-state index in [1.54, 1.807) is 16.8 Å². The van der Waals surface area contributed by atoms with Crippen LogP contribution in [-0.4, -0.2) is 41.0 Å². The molecular formula is C10H9N7S. The van der Waals surface area contributed by atoms with Gasteiger partial charge >= 0.3 is 0 Å². The highest BCUT2D eigenvalue weighted by molar-refractivity contribution is 7.98. The Morgan fingerprint density at radius 3 is 2.89 bits per heavy atom. The molecule has 3 rings (SSSR count). The first kappa shape index (κ1) is 11.0. The van der Waals surface area contributed by atoms with Crippen LogP contribution in [0.25, 0.3) is 17.2 Å². The Labute approximate surface area is 107 Å². The molecule has 7 nitrogen and oxygen atoms in total. The fourth-order valence-electron chi connectivity index (χ4n) is 1.60. The number of nitrogens with zero attached hydrogens (tertiary/aromatic N) is 7. The Hall–Kier alpha value is -2.09. The average Bonchev–Trinajstić information content (AvgIpc) is 2.84. The quantitative estimate of drug-likeness (QED) is 0.635. The molecule has 0 saturated carbocycles. The fraction of sp³-hybridized carbons (Fsp3) is 0.200. The van der Waals surface area contributed by atoms with Gasteiger partial charge in [0.25, 0.3) is 5.78 Å². The van der Waals surface area contributed by atoms with Crippen LogP contribution in [0.3, 0.4) is 0 Å². The number of aryl methyl sites for hydroxylation is 1. The largest absolute Gasteiger partial charge is 0.272 e. The summed E-state index contributed by atoms with van der Waals surface area (Å²) in [5, 5.41) is 13.2. The first-order chi connectivity index (χ1) is 8.79.